The minimum absolute atomic E-state index is 0.181. The zero-order valence-corrected chi connectivity index (χ0v) is 28.1. The van der Waals surface area contributed by atoms with Gasteiger partial charge in [-0.2, -0.15) is 0 Å². The van der Waals surface area contributed by atoms with Crippen molar-refractivity contribution in [3.05, 3.63) is 123 Å². The third-order valence-electron chi connectivity index (χ3n) is 6.98. The molecule has 0 unspecified atom stereocenters. The van der Waals surface area contributed by atoms with Crippen LogP contribution in [0.5, 0.6) is 11.5 Å². The molecule has 2 heterocycles. The second-order valence-electron chi connectivity index (χ2n) is 9.86. The third-order valence-corrected chi connectivity index (χ3v) is 9.06. The third kappa shape index (κ3) is 6.66. The highest BCUT2D eigenvalue weighted by Crippen LogP contribution is 2.38. The number of benzene rings is 3. The summed E-state index contributed by atoms with van der Waals surface area (Å²) in [5.74, 6) is 0.535. The Bertz CT molecular complexity index is 1930. The second kappa shape index (κ2) is 14.2. The smallest absolute Gasteiger partial charge is 0.338 e. The molecule has 0 aliphatic carbocycles. The summed E-state index contributed by atoms with van der Waals surface area (Å²) in [6.07, 6.45) is 3.01. The molecule has 1 aliphatic heterocycles. The lowest BCUT2D eigenvalue weighted by Gasteiger charge is -2.27. The summed E-state index contributed by atoms with van der Waals surface area (Å²) in [5.41, 5.74) is 2.65. The van der Waals surface area contributed by atoms with Crippen molar-refractivity contribution in [2.75, 3.05) is 13.7 Å². The molecule has 1 aromatic heterocycles. The topological polar surface area (TPSA) is 79.1 Å². The average Bonchev–Trinajstić information content (AvgIpc) is 3.31. The summed E-state index contributed by atoms with van der Waals surface area (Å²) in [6.45, 7) is 4.17. The fourth-order valence-corrected chi connectivity index (χ4v) is 6.77. The lowest BCUT2D eigenvalue weighted by Crippen LogP contribution is -2.40. The van der Waals surface area contributed by atoms with E-state index in [1.165, 1.54) is 11.3 Å². The summed E-state index contributed by atoms with van der Waals surface area (Å²) >= 11 is 17.5. The monoisotopic (exact) mass is 714 g/mol. The van der Waals surface area contributed by atoms with Gasteiger partial charge in [0, 0.05) is 31.2 Å². The van der Waals surface area contributed by atoms with Crippen molar-refractivity contribution in [2.45, 2.75) is 39.3 Å². The van der Waals surface area contributed by atoms with Gasteiger partial charge in [0.2, 0.25) is 0 Å². The Morgan fingerprint density at radius 3 is 2.59 bits per heavy atom. The van der Waals surface area contributed by atoms with Crippen molar-refractivity contribution in [1.29, 1.82) is 0 Å². The number of carbonyl (C=O) groups excluding carboxylic acids is 1. The van der Waals surface area contributed by atoms with Crippen molar-refractivity contribution < 1.29 is 19.0 Å². The summed E-state index contributed by atoms with van der Waals surface area (Å²) < 4.78 is 20.1. The van der Waals surface area contributed by atoms with Gasteiger partial charge in [-0.15, -0.1) is 0 Å². The highest BCUT2D eigenvalue weighted by molar-refractivity contribution is 9.10. The van der Waals surface area contributed by atoms with E-state index in [2.05, 4.69) is 15.9 Å². The molecule has 228 valence electrons. The maximum Gasteiger partial charge on any atom is 0.338 e. The molecule has 0 bridgehead atoms. The number of halogens is 3. The van der Waals surface area contributed by atoms with Gasteiger partial charge in [0.05, 0.1) is 29.5 Å². The van der Waals surface area contributed by atoms with Crippen molar-refractivity contribution in [1.82, 2.24) is 4.57 Å². The fraction of sp³-hybridized carbons (Fsp3) is 0.242. The highest BCUT2D eigenvalue weighted by Gasteiger charge is 2.36. The molecular formula is C33H29BrCl2N2O5S. The number of allylic oxidation sites excluding steroid dienone is 1. The van der Waals surface area contributed by atoms with E-state index in [1.54, 1.807) is 55.0 Å². The lowest BCUT2D eigenvalue weighted by atomic mass is 9.93. The SMILES string of the molecule is CCCC1=C(C(=O)OCC)[C@H](c2cc(Br)ccc2OC)n2c(s/c(=C/c3cc(Cl)ccc3OCc3ccccc3Cl)c2=O)=N1. The highest BCUT2D eigenvalue weighted by atomic mass is 79.9. The number of methoxy groups -OCH3 is 1. The van der Waals surface area contributed by atoms with Crippen LogP contribution >= 0.6 is 50.5 Å². The first-order chi connectivity index (χ1) is 21.2. The zero-order chi connectivity index (χ0) is 31.4. The number of aromatic nitrogens is 1. The fourth-order valence-electron chi connectivity index (χ4n) is 5.01. The van der Waals surface area contributed by atoms with Gasteiger partial charge in [0.25, 0.3) is 5.56 Å². The standard InChI is InChI=1S/C33H29BrCl2N2O5S/c1-4-8-25-29(32(40)42-5-2)30(23-17-21(34)11-13-27(23)41-3)38-31(39)28(44-33(38)37-25)16-20-15-22(35)12-14-26(20)43-18-19-9-6-7-10-24(19)36/h6-7,9-17,30H,4-5,8,18H2,1-3H3/b28-16+/t30-/m0/s1. The van der Waals surface area contributed by atoms with E-state index in [4.69, 9.17) is 42.4 Å². The van der Waals surface area contributed by atoms with Gasteiger partial charge in [-0.05, 0) is 61.9 Å². The number of fused-ring (bicyclic) bond motifs is 1. The van der Waals surface area contributed by atoms with Gasteiger partial charge in [0.1, 0.15) is 24.1 Å². The first-order valence-electron chi connectivity index (χ1n) is 14.0. The maximum atomic E-state index is 14.3. The molecule has 0 radical (unpaired) electrons. The van der Waals surface area contributed by atoms with Gasteiger partial charge in [-0.1, -0.05) is 82.0 Å². The normalized spacial score (nSPS) is 14.7. The molecule has 44 heavy (non-hydrogen) atoms. The Balaban J connectivity index is 1.70. The van der Waals surface area contributed by atoms with Crippen LogP contribution in [0.25, 0.3) is 6.08 Å². The predicted octanol–water partition coefficient (Wildman–Crippen LogP) is 7.24. The Morgan fingerprint density at radius 1 is 1.09 bits per heavy atom. The van der Waals surface area contributed by atoms with Crippen molar-refractivity contribution in [3.63, 3.8) is 0 Å². The van der Waals surface area contributed by atoms with Crippen LogP contribution in [0.15, 0.2) is 86.2 Å². The molecular weight excluding hydrogens is 687 g/mol. The average molecular weight is 716 g/mol. The number of esters is 1. The van der Waals surface area contributed by atoms with Gasteiger partial charge in [-0.25, -0.2) is 9.79 Å². The minimum Gasteiger partial charge on any atom is -0.496 e. The molecule has 1 aliphatic rings. The number of thiazole rings is 1. The number of ether oxygens (including phenoxy) is 3. The Labute approximate surface area is 277 Å². The van der Waals surface area contributed by atoms with Crippen LogP contribution in [0.3, 0.4) is 0 Å². The molecule has 0 saturated heterocycles. The summed E-state index contributed by atoms with van der Waals surface area (Å²) in [5, 5.41) is 1.08. The van der Waals surface area contributed by atoms with Crippen LogP contribution in [0.1, 0.15) is 49.4 Å². The van der Waals surface area contributed by atoms with E-state index in [1.807, 2.05) is 37.3 Å². The van der Waals surface area contributed by atoms with Gasteiger partial charge >= 0.3 is 5.97 Å². The van der Waals surface area contributed by atoms with Crippen molar-refractivity contribution in [2.24, 2.45) is 4.99 Å². The summed E-state index contributed by atoms with van der Waals surface area (Å²) in [6, 6.07) is 17.3. The van der Waals surface area contributed by atoms with E-state index >= 15 is 0 Å². The van der Waals surface area contributed by atoms with Gasteiger partial charge in [0.15, 0.2) is 4.80 Å². The summed E-state index contributed by atoms with van der Waals surface area (Å²) in [7, 11) is 1.56. The van der Waals surface area contributed by atoms with Crippen LogP contribution in [-0.4, -0.2) is 24.3 Å². The van der Waals surface area contributed by atoms with E-state index in [-0.39, 0.29) is 18.8 Å². The maximum absolute atomic E-state index is 14.3. The van der Waals surface area contributed by atoms with E-state index < -0.39 is 12.0 Å². The first-order valence-corrected chi connectivity index (χ1v) is 16.3. The number of carbonyl (C=O) groups is 1. The minimum atomic E-state index is -0.822. The lowest BCUT2D eigenvalue weighted by molar-refractivity contribution is -0.139. The van der Waals surface area contributed by atoms with Crippen LogP contribution in [0.4, 0.5) is 0 Å². The van der Waals surface area contributed by atoms with E-state index in [9.17, 15) is 9.59 Å². The van der Waals surface area contributed by atoms with Crippen molar-refractivity contribution in [3.8, 4) is 11.5 Å². The van der Waals surface area contributed by atoms with Crippen LogP contribution < -0.4 is 24.4 Å². The van der Waals surface area contributed by atoms with Crippen LogP contribution in [-0.2, 0) is 16.1 Å². The molecule has 7 nitrogen and oxygen atoms in total. The van der Waals surface area contributed by atoms with Crippen LogP contribution in [0.2, 0.25) is 10.0 Å². The first kappa shape index (κ1) is 32.0. The molecule has 3 aromatic carbocycles. The van der Waals surface area contributed by atoms with Crippen molar-refractivity contribution >= 4 is 62.5 Å². The number of hydrogen-bond donors (Lipinski definition) is 0. The number of rotatable bonds is 10. The van der Waals surface area contributed by atoms with E-state index in [0.717, 1.165) is 16.5 Å². The number of hydrogen-bond acceptors (Lipinski definition) is 7. The van der Waals surface area contributed by atoms with Gasteiger partial charge < -0.3 is 14.2 Å². The molecule has 5 rings (SSSR count). The van der Waals surface area contributed by atoms with E-state index in [0.29, 0.717) is 59.7 Å². The molecule has 0 saturated carbocycles. The molecule has 1 atom stereocenters. The molecule has 0 spiro atoms. The zero-order valence-electron chi connectivity index (χ0n) is 24.2. The van der Waals surface area contributed by atoms with Gasteiger partial charge in [-0.3, -0.25) is 9.36 Å². The Morgan fingerprint density at radius 2 is 1.86 bits per heavy atom. The van der Waals surface area contributed by atoms with Crippen LogP contribution in [0, 0.1) is 0 Å². The predicted molar refractivity (Wildman–Crippen MR) is 178 cm³/mol. The quantitative estimate of drug-likeness (QED) is 0.162. The largest absolute Gasteiger partial charge is 0.496 e. The molecule has 4 aromatic rings. The second-order valence-corrected chi connectivity index (χ2v) is 12.6. The molecule has 0 fully saturated rings. The molecule has 11 heteroatoms. The Kier molecular flexibility index (Phi) is 10.3. The molecule has 0 N–H and O–H groups in total. The molecule has 0 amide bonds. The Hall–Kier alpha value is -3.37. The number of nitrogens with zero attached hydrogens (tertiary/aromatic N) is 2. The summed E-state index contributed by atoms with van der Waals surface area (Å²) in [4.78, 5) is 33.1.